The second-order valence-corrected chi connectivity index (χ2v) is 4.53. The van der Waals surface area contributed by atoms with Crippen LogP contribution in [0.3, 0.4) is 0 Å². The van der Waals surface area contributed by atoms with Gasteiger partial charge in [-0.15, -0.1) is 10.2 Å². The van der Waals surface area contributed by atoms with Crippen molar-refractivity contribution in [2.24, 2.45) is 0 Å². The van der Waals surface area contributed by atoms with E-state index in [1.165, 1.54) is 17.4 Å². The number of nitrogens with one attached hydrogen (secondary N) is 1. The molecule has 0 saturated heterocycles. The summed E-state index contributed by atoms with van der Waals surface area (Å²) in [5.74, 6) is -0.258. The maximum absolute atomic E-state index is 13.1. The molecule has 6 heteroatoms. The first kappa shape index (κ1) is 10.5. The molecule has 1 heterocycles. The molecule has 0 aliphatic carbocycles. The van der Waals surface area contributed by atoms with Crippen LogP contribution in [0.2, 0.25) is 0 Å². The number of rotatable bonds is 3. The molecule has 0 spiro atoms. The van der Waals surface area contributed by atoms with Crippen LogP contribution in [-0.4, -0.2) is 10.2 Å². The summed E-state index contributed by atoms with van der Waals surface area (Å²) in [6.45, 7) is 0.541. The molecule has 1 aromatic carbocycles. The third kappa shape index (κ3) is 2.73. The van der Waals surface area contributed by atoms with Crippen LogP contribution in [0.25, 0.3) is 0 Å². The fourth-order valence-electron chi connectivity index (χ4n) is 1.08. The van der Waals surface area contributed by atoms with E-state index in [0.717, 1.165) is 10.7 Å². The van der Waals surface area contributed by atoms with Crippen LogP contribution in [0.1, 0.15) is 5.56 Å². The van der Waals surface area contributed by atoms with Gasteiger partial charge in [-0.3, -0.25) is 0 Å². The van der Waals surface area contributed by atoms with Crippen molar-refractivity contribution < 1.29 is 4.39 Å². The van der Waals surface area contributed by atoms with Gasteiger partial charge in [-0.2, -0.15) is 0 Å². The molecule has 0 amide bonds. The van der Waals surface area contributed by atoms with Crippen molar-refractivity contribution in [2.75, 3.05) is 5.32 Å². The van der Waals surface area contributed by atoms with Gasteiger partial charge in [-0.1, -0.05) is 17.4 Å². The van der Waals surface area contributed by atoms with Gasteiger partial charge >= 0.3 is 0 Å². The Bertz CT molecular complexity index is 447. The lowest BCUT2D eigenvalue weighted by atomic mass is 10.2. The molecule has 0 unspecified atom stereocenters. The second-order valence-electron chi connectivity index (χ2n) is 2.85. The predicted octanol–water partition coefficient (Wildman–Crippen LogP) is 3.05. The van der Waals surface area contributed by atoms with Crippen molar-refractivity contribution >= 4 is 32.4 Å². The summed E-state index contributed by atoms with van der Waals surface area (Å²) in [7, 11) is 0. The molecule has 2 aromatic rings. The first-order valence-corrected chi connectivity index (χ1v) is 5.87. The highest BCUT2D eigenvalue weighted by molar-refractivity contribution is 9.10. The maximum atomic E-state index is 13.1. The lowest BCUT2D eigenvalue weighted by molar-refractivity contribution is 0.619. The van der Waals surface area contributed by atoms with Crippen LogP contribution in [0.15, 0.2) is 28.2 Å². The van der Waals surface area contributed by atoms with E-state index >= 15 is 0 Å². The van der Waals surface area contributed by atoms with E-state index in [2.05, 4.69) is 31.4 Å². The summed E-state index contributed by atoms with van der Waals surface area (Å²) in [5.41, 5.74) is 2.51. The minimum absolute atomic E-state index is 0.258. The molecule has 3 nitrogen and oxygen atoms in total. The zero-order valence-electron chi connectivity index (χ0n) is 7.58. The van der Waals surface area contributed by atoms with Gasteiger partial charge in [0.25, 0.3) is 0 Å². The highest BCUT2D eigenvalue weighted by Gasteiger charge is 2.01. The number of anilines is 1. The minimum Gasteiger partial charge on any atom is -0.356 e. The fourth-order valence-corrected chi connectivity index (χ4v) is 1.77. The first-order chi connectivity index (χ1) is 7.25. The standard InChI is InChI=1S/C9H7BrFN3S/c10-7-2-1-6(3-8(7)11)4-12-9-14-13-5-15-9/h1-3,5H,4H2,(H,12,14). The Morgan fingerprint density at radius 1 is 1.47 bits per heavy atom. The van der Waals surface area contributed by atoms with Gasteiger partial charge < -0.3 is 5.32 Å². The smallest absolute Gasteiger partial charge is 0.205 e. The Kier molecular flexibility index (Phi) is 3.27. The van der Waals surface area contributed by atoms with Gasteiger partial charge in [0.15, 0.2) is 0 Å². The number of benzene rings is 1. The average molecular weight is 288 g/mol. The lowest BCUT2D eigenvalue weighted by Gasteiger charge is -2.03. The molecule has 78 valence electrons. The van der Waals surface area contributed by atoms with E-state index in [4.69, 9.17) is 0 Å². The van der Waals surface area contributed by atoms with E-state index in [9.17, 15) is 4.39 Å². The summed E-state index contributed by atoms with van der Waals surface area (Å²) in [6.07, 6.45) is 0. The monoisotopic (exact) mass is 287 g/mol. The zero-order valence-corrected chi connectivity index (χ0v) is 9.98. The fraction of sp³-hybridized carbons (Fsp3) is 0.111. The molecule has 1 aromatic heterocycles. The first-order valence-electron chi connectivity index (χ1n) is 4.19. The average Bonchev–Trinajstić information content (AvgIpc) is 2.73. The minimum atomic E-state index is -0.258. The van der Waals surface area contributed by atoms with Gasteiger partial charge in [-0.05, 0) is 33.6 Å². The topological polar surface area (TPSA) is 37.8 Å². The van der Waals surface area contributed by atoms with Crippen LogP contribution in [0, 0.1) is 5.82 Å². The number of hydrogen-bond donors (Lipinski definition) is 1. The largest absolute Gasteiger partial charge is 0.356 e. The molecule has 0 radical (unpaired) electrons. The zero-order chi connectivity index (χ0) is 10.7. The third-order valence-corrected chi connectivity index (χ3v) is 3.08. The second kappa shape index (κ2) is 4.67. The van der Waals surface area contributed by atoms with Crippen LogP contribution < -0.4 is 5.32 Å². The molecular weight excluding hydrogens is 281 g/mol. The van der Waals surface area contributed by atoms with Crippen LogP contribution in [0.4, 0.5) is 9.52 Å². The summed E-state index contributed by atoms with van der Waals surface area (Å²) >= 11 is 4.52. The molecule has 1 N–H and O–H groups in total. The van der Waals surface area contributed by atoms with Gasteiger partial charge in [0, 0.05) is 6.54 Å². The number of aromatic nitrogens is 2. The number of halogens is 2. The quantitative estimate of drug-likeness (QED) is 0.943. The summed E-state index contributed by atoms with van der Waals surface area (Å²) in [6, 6.07) is 5.02. The highest BCUT2D eigenvalue weighted by atomic mass is 79.9. The number of hydrogen-bond acceptors (Lipinski definition) is 4. The van der Waals surface area contributed by atoms with Gasteiger partial charge in [-0.25, -0.2) is 4.39 Å². The van der Waals surface area contributed by atoms with Crippen molar-refractivity contribution in [1.82, 2.24) is 10.2 Å². The van der Waals surface area contributed by atoms with Crippen LogP contribution in [0.5, 0.6) is 0 Å². The van der Waals surface area contributed by atoms with E-state index in [-0.39, 0.29) is 5.82 Å². The number of nitrogens with zero attached hydrogens (tertiary/aromatic N) is 2. The maximum Gasteiger partial charge on any atom is 0.205 e. The lowest BCUT2D eigenvalue weighted by Crippen LogP contribution is -1.99. The molecule has 0 fully saturated rings. The molecule has 0 bridgehead atoms. The van der Waals surface area contributed by atoms with Gasteiger partial charge in [0.1, 0.15) is 11.3 Å². The van der Waals surface area contributed by atoms with Crippen molar-refractivity contribution in [3.05, 3.63) is 39.6 Å². The van der Waals surface area contributed by atoms with Gasteiger partial charge in [0.2, 0.25) is 5.13 Å². The van der Waals surface area contributed by atoms with Crippen molar-refractivity contribution in [2.45, 2.75) is 6.54 Å². The van der Waals surface area contributed by atoms with Crippen LogP contribution >= 0.6 is 27.3 Å². The van der Waals surface area contributed by atoms with E-state index in [1.54, 1.807) is 11.6 Å². The third-order valence-electron chi connectivity index (χ3n) is 1.79. The van der Waals surface area contributed by atoms with E-state index in [0.29, 0.717) is 11.0 Å². The Labute approximate surface area is 98.5 Å². The summed E-state index contributed by atoms with van der Waals surface area (Å²) in [5, 5.41) is 11.3. The normalized spacial score (nSPS) is 10.3. The van der Waals surface area contributed by atoms with Crippen molar-refractivity contribution in [3.8, 4) is 0 Å². The molecule has 0 saturated carbocycles. The Morgan fingerprint density at radius 3 is 3.00 bits per heavy atom. The summed E-state index contributed by atoms with van der Waals surface area (Å²) in [4.78, 5) is 0. The van der Waals surface area contributed by atoms with E-state index < -0.39 is 0 Å². The Morgan fingerprint density at radius 2 is 2.33 bits per heavy atom. The van der Waals surface area contributed by atoms with Crippen molar-refractivity contribution in [1.29, 1.82) is 0 Å². The van der Waals surface area contributed by atoms with Crippen molar-refractivity contribution in [3.63, 3.8) is 0 Å². The summed E-state index contributed by atoms with van der Waals surface area (Å²) < 4.78 is 13.6. The Hall–Kier alpha value is -1.01. The SMILES string of the molecule is Fc1cc(CNc2nncs2)ccc1Br. The Balaban J connectivity index is 2.02. The molecular formula is C9H7BrFN3S. The molecule has 15 heavy (non-hydrogen) atoms. The molecule has 2 rings (SSSR count). The van der Waals surface area contributed by atoms with E-state index in [1.807, 2.05) is 6.07 Å². The molecule has 0 aliphatic rings. The molecule has 0 aliphatic heterocycles. The predicted molar refractivity (Wildman–Crippen MR) is 61.3 cm³/mol. The van der Waals surface area contributed by atoms with Gasteiger partial charge in [0.05, 0.1) is 4.47 Å². The van der Waals surface area contributed by atoms with Crippen LogP contribution in [-0.2, 0) is 6.54 Å². The molecule has 0 atom stereocenters. The highest BCUT2D eigenvalue weighted by Crippen LogP contribution is 2.17.